The molecule has 1 fully saturated rings. The third-order valence-corrected chi connectivity index (χ3v) is 5.54. The van der Waals surface area contributed by atoms with Crippen LogP contribution in [0.15, 0.2) is 47.4 Å². The molecule has 0 aliphatic carbocycles. The molecule has 1 saturated heterocycles. The Morgan fingerprint density at radius 3 is 2.47 bits per heavy atom. The van der Waals surface area contributed by atoms with Crippen LogP contribution in [0.5, 0.6) is 17.2 Å². The fourth-order valence-corrected chi connectivity index (χ4v) is 3.88. The SMILES string of the molecule is CCOc1ccc(/C=C2\SC(=O)N(CCNC(=O)c3ccc(OC)cc3)C2=O)cc1OC. The first-order valence-electron chi connectivity index (χ1n) is 9.95. The van der Waals surface area contributed by atoms with Gasteiger partial charge in [-0.1, -0.05) is 6.07 Å². The van der Waals surface area contributed by atoms with Crippen LogP contribution >= 0.6 is 11.8 Å². The summed E-state index contributed by atoms with van der Waals surface area (Å²) in [6, 6.07) is 11.9. The zero-order valence-corrected chi connectivity index (χ0v) is 18.9. The van der Waals surface area contributed by atoms with Crippen molar-refractivity contribution in [3.63, 3.8) is 0 Å². The Kier molecular flexibility index (Phi) is 7.77. The van der Waals surface area contributed by atoms with Gasteiger partial charge in [0.1, 0.15) is 5.75 Å². The highest BCUT2D eigenvalue weighted by atomic mass is 32.2. The predicted octanol–water partition coefficient (Wildman–Crippen LogP) is 3.57. The van der Waals surface area contributed by atoms with Crippen molar-refractivity contribution in [3.05, 3.63) is 58.5 Å². The highest BCUT2D eigenvalue weighted by Crippen LogP contribution is 2.34. The summed E-state index contributed by atoms with van der Waals surface area (Å²) in [4.78, 5) is 38.7. The number of benzene rings is 2. The first-order chi connectivity index (χ1) is 15.5. The van der Waals surface area contributed by atoms with E-state index in [1.165, 1.54) is 7.11 Å². The number of amides is 3. The summed E-state index contributed by atoms with van der Waals surface area (Å²) < 4.78 is 15.9. The van der Waals surface area contributed by atoms with Gasteiger partial charge in [0.2, 0.25) is 0 Å². The molecular formula is C23H24N2O6S. The maximum Gasteiger partial charge on any atom is 0.293 e. The Morgan fingerprint density at radius 2 is 1.81 bits per heavy atom. The van der Waals surface area contributed by atoms with Crippen molar-refractivity contribution >= 4 is 34.9 Å². The number of carbonyl (C=O) groups excluding carboxylic acids is 3. The molecule has 0 saturated carbocycles. The highest BCUT2D eigenvalue weighted by Gasteiger charge is 2.34. The number of nitrogens with one attached hydrogen (secondary N) is 1. The van der Waals surface area contributed by atoms with E-state index in [1.54, 1.807) is 55.7 Å². The number of methoxy groups -OCH3 is 2. The summed E-state index contributed by atoms with van der Waals surface area (Å²) in [7, 11) is 3.09. The molecule has 0 radical (unpaired) electrons. The van der Waals surface area contributed by atoms with Gasteiger partial charge in [-0.15, -0.1) is 0 Å². The van der Waals surface area contributed by atoms with Crippen LogP contribution in [0.1, 0.15) is 22.8 Å². The molecule has 9 heteroatoms. The highest BCUT2D eigenvalue weighted by molar-refractivity contribution is 8.18. The van der Waals surface area contributed by atoms with Crippen LogP contribution in [0.3, 0.4) is 0 Å². The first-order valence-corrected chi connectivity index (χ1v) is 10.8. The van der Waals surface area contributed by atoms with Gasteiger partial charge in [0.25, 0.3) is 17.1 Å². The van der Waals surface area contributed by atoms with Crippen LogP contribution in [-0.2, 0) is 4.79 Å². The minimum absolute atomic E-state index is 0.0799. The lowest BCUT2D eigenvalue weighted by Crippen LogP contribution is -2.37. The quantitative estimate of drug-likeness (QED) is 0.577. The molecule has 168 valence electrons. The first kappa shape index (κ1) is 23.2. The molecule has 0 spiro atoms. The van der Waals surface area contributed by atoms with E-state index >= 15 is 0 Å². The molecule has 0 aromatic heterocycles. The number of imide groups is 1. The van der Waals surface area contributed by atoms with Crippen molar-refractivity contribution in [2.75, 3.05) is 33.9 Å². The van der Waals surface area contributed by atoms with Crippen molar-refractivity contribution in [2.24, 2.45) is 0 Å². The molecule has 1 N–H and O–H groups in total. The van der Waals surface area contributed by atoms with E-state index in [9.17, 15) is 14.4 Å². The second kappa shape index (κ2) is 10.7. The lowest BCUT2D eigenvalue weighted by molar-refractivity contribution is -0.122. The van der Waals surface area contributed by atoms with E-state index in [0.717, 1.165) is 16.7 Å². The van der Waals surface area contributed by atoms with Crippen molar-refractivity contribution in [1.82, 2.24) is 10.2 Å². The smallest absolute Gasteiger partial charge is 0.293 e. The van der Waals surface area contributed by atoms with Gasteiger partial charge in [0, 0.05) is 18.7 Å². The lowest BCUT2D eigenvalue weighted by atomic mass is 10.2. The van der Waals surface area contributed by atoms with Crippen LogP contribution in [0.25, 0.3) is 6.08 Å². The zero-order chi connectivity index (χ0) is 23.1. The minimum atomic E-state index is -0.397. The second-order valence-corrected chi connectivity index (χ2v) is 7.65. The lowest BCUT2D eigenvalue weighted by Gasteiger charge is -2.13. The summed E-state index contributed by atoms with van der Waals surface area (Å²) in [5.41, 5.74) is 1.17. The average Bonchev–Trinajstić information content (AvgIpc) is 3.07. The third-order valence-electron chi connectivity index (χ3n) is 4.63. The van der Waals surface area contributed by atoms with Gasteiger partial charge in [-0.05, 0) is 66.7 Å². The zero-order valence-electron chi connectivity index (χ0n) is 18.0. The minimum Gasteiger partial charge on any atom is -0.497 e. The van der Waals surface area contributed by atoms with Gasteiger partial charge in [-0.3, -0.25) is 19.3 Å². The van der Waals surface area contributed by atoms with E-state index in [-0.39, 0.29) is 24.2 Å². The normalized spacial score (nSPS) is 14.6. The van der Waals surface area contributed by atoms with Crippen LogP contribution < -0.4 is 19.5 Å². The molecular weight excluding hydrogens is 432 g/mol. The van der Waals surface area contributed by atoms with Crippen LogP contribution in [0.2, 0.25) is 0 Å². The van der Waals surface area contributed by atoms with Gasteiger partial charge >= 0.3 is 0 Å². The second-order valence-electron chi connectivity index (χ2n) is 6.66. The van der Waals surface area contributed by atoms with Crippen molar-refractivity contribution in [1.29, 1.82) is 0 Å². The summed E-state index contributed by atoms with van der Waals surface area (Å²) in [5, 5.41) is 2.34. The maximum absolute atomic E-state index is 12.7. The molecule has 32 heavy (non-hydrogen) atoms. The molecule has 1 aliphatic rings. The number of hydrogen-bond acceptors (Lipinski definition) is 7. The largest absolute Gasteiger partial charge is 0.497 e. The van der Waals surface area contributed by atoms with Gasteiger partial charge in [-0.25, -0.2) is 0 Å². The molecule has 0 bridgehead atoms. The Bertz CT molecular complexity index is 1040. The van der Waals surface area contributed by atoms with Crippen molar-refractivity contribution in [2.45, 2.75) is 6.92 Å². The molecule has 0 unspecified atom stereocenters. The average molecular weight is 457 g/mol. The van der Waals surface area contributed by atoms with Crippen molar-refractivity contribution < 1.29 is 28.6 Å². The Hall–Kier alpha value is -3.46. The van der Waals surface area contributed by atoms with Gasteiger partial charge in [0.15, 0.2) is 11.5 Å². The summed E-state index contributed by atoms with van der Waals surface area (Å²) in [6.45, 7) is 2.61. The summed E-state index contributed by atoms with van der Waals surface area (Å²) in [6.07, 6.45) is 1.64. The standard InChI is InChI=1S/C23H24N2O6S/c1-4-31-18-10-5-15(13-19(18)30-3)14-20-22(27)25(23(28)32-20)12-11-24-21(26)16-6-8-17(29-2)9-7-16/h5-10,13-14H,4,11-12H2,1-3H3,(H,24,26)/b20-14-. The summed E-state index contributed by atoms with van der Waals surface area (Å²) in [5.74, 6) is 1.11. The third kappa shape index (κ3) is 5.42. The molecule has 0 atom stereocenters. The molecule has 3 amide bonds. The Labute approximate surface area is 190 Å². The van der Waals surface area contributed by atoms with Gasteiger partial charge in [0.05, 0.1) is 25.7 Å². The van der Waals surface area contributed by atoms with Crippen LogP contribution in [0.4, 0.5) is 4.79 Å². The van der Waals surface area contributed by atoms with Crippen molar-refractivity contribution in [3.8, 4) is 17.2 Å². The maximum atomic E-state index is 12.7. The monoisotopic (exact) mass is 456 g/mol. The number of ether oxygens (including phenoxy) is 3. The molecule has 1 aliphatic heterocycles. The summed E-state index contributed by atoms with van der Waals surface area (Å²) >= 11 is 0.864. The van der Waals surface area contributed by atoms with E-state index in [2.05, 4.69) is 5.32 Å². The number of hydrogen-bond donors (Lipinski definition) is 1. The van der Waals surface area contributed by atoms with Gasteiger partial charge < -0.3 is 19.5 Å². The molecule has 3 rings (SSSR count). The van der Waals surface area contributed by atoms with Gasteiger partial charge in [-0.2, -0.15) is 0 Å². The number of carbonyl (C=O) groups is 3. The fraction of sp³-hybridized carbons (Fsp3) is 0.261. The van der Waals surface area contributed by atoms with Crippen LogP contribution in [0, 0.1) is 0 Å². The van der Waals surface area contributed by atoms with E-state index < -0.39 is 5.91 Å². The number of rotatable bonds is 9. The number of nitrogens with zero attached hydrogens (tertiary/aromatic N) is 1. The Balaban J connectivity index is 1.61. The van der Waals surface area contributed by atoms with E-state index in [0.29, 0.717) is 39.9 Å². The van der Waals surface area contributed by atoms with E-state index in [1.807, 2.05) is 6.92 Å². The number of thioether (sulfide) groups is 1. The van der Waals surface area contributed by atoms with Crippen LogP contribution in [-0.4, -0.2) is 55.9 Å². The molecule has 2 aromatic carbocycles. The topological polar surface area (TPSA) is 94.2 Å². The fourth-order valence-electron chi connectivity index (χ4n) is 3.02. The van der Waals surface area contributed by atoms with E-state index in [4.69, 9.17) is 14.2 Å². The Morgan fingerprint density at radius 1 is 1.06 bits per heavy atom. The molecule has 2 aromatic rings. The molecule has 8 nitrogen and oxygen atoms in total. The predicted molar refractivity (Wildman–Crippen MR) is 122 cm³/mol. The molecule has 1 heterocycles.